The molecule has 4 atom stereocenters. The molecule has 2 bridgehead atoms. The van der Waals surface area contributed by atoms with Gasteiger partial charge in [0.25, 0.3) is 0 Å². The number of carbonyl (C=O) groups excluding carboxylic acids is 4. The van der Waals surface area contributed by atoms with E-state index in [0.29, 0.717) is 11.3 Å². The lowest BCUT2D eigenvalue weighted by molar-refractivity contribution is -0.152. The first-order valence-electron chi connectivity index (χ1n) is 9.17. The molecule has 2 amide bonds. The molecular weight excluding hydrogens is 350 g/mol. The molecule has 3 aliphatic rings. The van der Waals surface area contributed by atoms with Crippen molar-refractivity contribution in [3.05, 3.63) is 29.8 Å². The fourth-order valence-electron chi connectivity index (χ4n) is 4.81. The number of rotatable bonds is 6. The number of benzene rings is 1. The first-order valence-corrected chi connectivity index (χ1v) is 9.17. The summed E-state index contributed by atoms with van der Waals surface area (Å²) >= 11 is 0. The molecular formula is C20H21NO6. The highest BCUT2D eigenvalue weighted by atomic mass is 16.5. The lowest BCUT2D eigenvalue weighted by Crippen LogP contribution is -2.38. The number of ether oxygens (including phenoxy) is 2. The van der Waals surface area contributed by atoms with E-state index >= 15 is 0 Å². The molecule has 1 aliphatic heterocycles. The standard InChI is InChI=1S/C20H21NO6/c1-26-14-6-4-11(5-7-14)15(22)10-27-16(23)9-21-19(24)17-12-2-3-13(8-12)18(17)20(21)25/h4-7,12-13,17-18H,2-3,8-10H2,1H3/t12-,13+,17-,18+. The lowest BCUT2D eigenvalue weighted by atomic mass is 9.81. The number of ketones is 1. The highest BCUT2D eigenvalue weighted by Crippen LogP contribution is 2.56. The molecule has 0 unspecified atom stereocenters. The molecule has 2 aliphatic carbocycles. The van der Waals surface area contributed by atoms with Crippen LogP contribution in [0, 0.1) is 23.7 Å². The summed E-state index contributed by atoms with van der Waals surface area (Å²) in [5.41, 5.74) is 0.392. The SMILES string of the molecule is COc1ccc(C(=O)COC(=O)CN2C(=O)[C@@H]3[C@@H]4CC[C@@H](C4)[C@@H]3C2=O)cc1. The molecule has 1 heterocycles. The van der Waals surface area contributed by atoms with Crippen LogP contribution >= 0.6 is 0 Å². The molecule has 0 N–H and O–H groups in total. The Labute approximate surface area is 156 Å². The van der Waals surface area contributed by atoms with Crippen molar-refractivity contribution in [3.8, 4) is 5.75 Å². The van der Waals surface area contributed by atoms with Gasteiger partial charge in [-0.25, -0.2) is 0 Å². The quantitative estimate of drug-likeness (QED) is 0.427. The number of hydrogen-bond donors (Lipinski definition) is 0. The van der Waals surface area contributed by atoms with Gasteiger partial charge < -0.3 is 9.47 Å². The maximum atomic E-state index is 12.6. The van der Waals surface area contributed by atoms with E-state index in [9.17, 15) is 19.2 Å². The number of esters is 1. The monoisotopic (exact) mass is 371 g/mol. The highest BCUT2D eigenvalue weighted by molar-refractivity contribution is 6.08. The van der Waals surface area contributed by atoms with Gasteiger partial charge in [0.05, 0.1) is 18.9 Å². The highest BCUT2D eigenvalue weighted by Gasteiger charge is 2.61. The number of nitrogens with zero attached hydrogens (tertiary/aromatic N) is 1. The van der Waals surface area contributed by atoms with Crippen LogP contribution in [0.15, 0.2) is 24.3 Å². The zero-order valence-corrected chi connectivity index (χ0v) is 15.1. The van der Waals surface area contributed by atoms with E-state index in [4.69, 9.17) is 9.47 Å². The molecule has 1 aromatic rings. The van der Waals surface area contributed by atoms with E-state index in [1.807, 2.05) is 0 Å². The summed E-state index contributed by atoms with van der Waals surface area (Å²) in [6, 6.07) is 6.45. The van der Waals surface area contributed by atoms with Crippen molar-refractivity contribution in [3.63, 3.8) is 0 Å². The summed E-state index contributed by atoms with van der Waals surface area (Å²) in [7, 11) is 1.53. The van der Waals surface area contributed by atoms with Gasteiger partial charge >= 0.3 is 5.97 Å². The molecule has 142 valence electrons. The summed E-state index contributed by atoms with van der Waals surface area (Å²) < 4.78 is 10.0. The van der Waals surface area contributed by atoms with Crippen LogP contribution in [0.4, 0.5) is 0 Å². The van der Waals surface area contributed by atoms with Crippen LogP contribution < -0.4 is 4.74 Å². The van der Waals surface area contributed by atoms with Crippen molar-refractivity contribution in [2.24, 2.45) is 23.7 Å². The van der Waals surface area contributed by atoms with Crippen molar-refractivity contribution in [2.75, 3.05) is 20.3 Å². The van der Waals surface area contributed by atoms with Gasteiger partial charge in [-0.05, 0) is 55.4 Å². The molecule has 7 heteroatoms. The van der Waals surface area contributed by atoms with Crippen LogP contribution in [0.1, 0.15) is 29.6 Å². The summed E-state index contributed by atoms with van der Waals surface area (Å²) in [6.07, 6.45) is 2.92. The number of methoxy groups -OCH3 is 1. The lowest BCUT2D eigenvalue weighted by Gasteiger charge is -2.19. The van der Waals surface area contributed by atoms with E-state index in [2.05, 4.69) is 0 Å². The van der Waals surface area contributed by atoms with Crippen molar-refractivity contribution in [2.45, 2.75) is 19.3 Å². The van der Waals surface area contributed by atoms with Crippen LogP contribution in [-0.2, 0) is 19.1 Å². The van der Waals surface area contributed by atoms with Crippen molar-refractivity contribution < 1.29 is 28.7 Å². The van der Waals surface area contributed by atoms with Gasteiger partial charge in [-0.3, -0.25) is 24.1 Å². The van der Waals surface area contributed by atoms with E-state index < -0.39 is 19.1 Å². The third-order valence-corrected chi connectivity index (χ3v) is 6.08. The minimum Gasteiger partial charge on any atom is -0.497 e. The fraction of sp³-hybridized carbons (Fsp3) is 0.500. The second-order valence-electron chi connectivity index (χ2n) is 7.46. The van der Waals surface area contributed by atoms with Crippen LogP contribution in [0.5, 0.6) is 5.75 Å². The number of carbonyl (C=O) groups is 4. The normalized spacial score (nSPS) is 28.4. The topological polar surface area (TPSA) is 90.0 Å². The number of hydrogen-bond acceptors (Lipinski definition) is 6. The Bertz CT molecular complexity index is 773. The Kier molecular flexibility index (Phi) is 4.45. The van der Waals surface area contributed by atoms with Gasteiger partial charge in [-0.2, -0.15) is 0 Å². The van der Waals surface area contributed by atoms with Gasteiger partial charge in [0.1, 0.15) is 12.3 Å². The predicted octanol–water partition coefficient (Wildman–Crippen LogP) is 1.45. The van der Waals surface area contributed by atoms with Crippen molar-refractivity contribution in [1.29, 1.82) is 0 Å². The van der Waals surface area contributed by atoms with Crippen molar-refractivity contribution >= 4 is 23.6 Å². The molecule has 1 aromatic carbocycles. The van der Waals surface area contributed by atoms with Gasteiger partial charge in [-0.1, -0.05) is 0 Å². The van der Waals surface area contributed by atoms with E-state index in [-0.39, 0.29) is 41.3 Å². The number of imide groups is 1. The molecule has 27 heavy (non-hydrogen) atoms. The van der Waals surface area contributed by atoms with Gasteiger partial charge in [0, 0.05) is 5.56 Å². The Hall–Kier alpha value is -2.70. The zero-order chi connectivity index (χ0) is 19.1. The molecule has 0 spiro atoms. The minimum atomic E-state index is -0.745. The molecule has 2 saturated carbocycles. The maximum absolute atomic E-state index is 12.6. The first-order chi connectivity index (χ1) is 13.0. The second-order valence-corrected chi connectivity index (χ2v) is 7.46. The molecule has 4 rings (SSSR count). The Morgan fingerprint density at radius 3 is 2.19 bits per heavy atom. The van der Waals surface area contributed by atoms with E-state index in [1.165, 1.54) is 7.11 Å². The third-order valence-electron chi connectivity index (χ3n) is 6.08. The summed E-state index contributed by atoms with van der Waals surface area (Å²) in [4.78, 5) is 50.3. The number of amides is 2. The average Bonchev–Trinajstić information content (AvgIpc) is 3.36. The van der Waals surface area contributed by atoms with Crippen LogP contribution in [-0.4, -0.2) is 48.7 Å². The Morgan fingerprint density at radius 2 is 1.63 bits per heavy atom. The molecule has 0 aromatic heterocycles. The average molecular weight is 371 g/mol. The summed E-state index contributed by atoms with van der Waals surface area (Å²) in [6.45, 7) is -0.848. The Balaban J connectivity index is 1.32. The van der Waals surface area contributed by atoms with E-state index in [0.717, 1.165) is 24.2 Å². The smallest absolute Gasteiger partial charge is 0.326 e. The van der Waals surface area contributed by atoms with Crippen LogP contribution in [0.3, 0.4) is 0 Å². The minimum absolute atomic E-state index is 0.254. The summed E-state index contributed by atoms with van der Waals surface area (Å²) in [5.74, 6) is -0.968. The van der Waals surface area contributed by atoms with E-state index in [1.54, 1.807) is 24.3 Å². The molecule has 0 radical (unpaired) electrons. The van der Waals surface area contributed by atoms with Gasteiger partial charge in [0.15, 0.2) is 12.4 Å². The second kappa shape index (κ2) is 6.79. The predicted molar refractivity (Wildman–Crippen MR) is 92.8 cm³/mol. The molecule has 7 nitrogen and oxygen atoms in total. The largest absolute Gasteiger partial charge is 0.497 e. The molecule has 1 saturated heterocycles. The Morgan fingerprint density at radius 1 is 1.04 bits per heavy atom. The number of likely N-dealkylation sites (tertiary alicyclic amines) is 1. The zero-order valence-electron chi connectivity index (χ0n) is 15.1. The molecule has 3 fully saturated rings. The van der Waals surface area contributed by atoms with Crippen molar-refractivity contribution in [1.82, 2.24) is 4.90 Å². The van der Waals surface area contributed by atoms with Crippen LogP contribution in [0.25, 0.3) is 0 Å². The van der Waals surface area contributed by atoms with Crippen LogP contribution in [0.2, 0.25) is 0 Å². The maximum Gasteiger partial charge on any atom is 0.326 e. The van der Waals surface area contributed by atoms with Gasteiger partial charge in [0.2, 0.25) is 11.8 Å². The third kappa shape index (κ3) is 3.01. The first kappa shape index (κ1) is 17.7. The number of Topliss-reactive ketones (excluding diaryl/α,β-unsaturated/α-hetero) is 1. The summed E-state index contributed by atoms with van der Waals surface area (Å²) in [5, 5.41) is 0. The number of fused-ring (bicyclic) bond motifs is 5. The van der Waals surface area contributed by atoms with Gasteiger partial charge in [-0.15, -0.1) is 0 Å². The fourth-order valence-corrected chi connectivity index (χ4v) is 4.81.